The summed E-state index contributed by atoms with van der Waals surface area (Å²) in [6.07, 6.45) is 0. The Morgan fingerprint density at radius 2 is 1.85 bits per heavy atom. The summed E-state index contributed by atoms with van der Waals surface area (Å²) < 4.78 is 16.9. The number of nitrogens with zero attached hydrogens (tertiary/aromatic N) is 2. The number of imidazole rings is 1. The van der Waals surface area contributed by atoms with E-state index in [1.807, 2.05) is 24.3 Å². The first-order chi connectivity index (χ1) is 9.58. The molecule has 0 unspecified atom stereocenters. The summed E-state index contributed by atoms with van der Waals surface area (Å²) in [4.78, 5) is 12.3. The summed E-state index contributed by atoms with van der Waals surface area (Å²) in [6.45, 7) is 0.159. The predicted octanol–water partition coefficient (Wildman–Crippen LogP) is 3.18. The van der Waals surface area contributed by atoms with E-state index >= 15 is 0 Å². The van der Waals surface area contributed by atoms with Gasteiger partial charge in [0.25, 0.3) is 0 Å². The molecular formula is C15H12ClFN2O. The summed E-state index contributed by atoms with van der Waals surface area (Å²) in [6, 6.07) is 11.8. The molecule has 0 aliphatic carbocycles. The molecule has 0 aliphatic rings. The lowest BCUT2D eigenvalue weighted by Gasteiger charge is -2.05. The van der Waals surface area contributed by atoms with E-state index in [1.54, 1.807) is 22.2 Å². The van der Waals surface area contributed by atoms with Crippen molar-refractivity contribution in [1.29, 1.82) is 0 Å². The Balaban J connectivity index is 2.18. The molecule has 3 rings (SSSR count). The predicted molar refractivity (Wildman–Crippen MR) is 77.7 cm³/mol. The molecule has 0 bridgehead atoms. The van der Waals surface area contributed by atoms with Gasteiger partial charge in [-0.1, -0.05) is 23.7 Å². The van der Waals surface area contributed by atoms with E-state index < -0.39 is 0 Å². The molecular weight excluding hydrogens is 279 g/mol. The molecule has 0 N–H and O–H groups in total. The zero-order chi connectivity index (χ0) is 14.3. The van der Waals surface area contributed by atoms with Crippen molar-refractivity contribution >= 4 is 22.6 Å². The Morgan fingerprint density at radius 1 is 1.15 bits per heavy atom. The molecule has 0 atom stereocenters. The van der Waals surface area contributed by atoms with Crippen molar-refractivity contribution in [2.24, 2.45) is 7.05 Å². The third kappa shape index (κ3) is 2.02. The highest BCUT2D eigenvalue weighted by atomic mass is 35.5. The van der Waals surface area contributed by atoms with Crippen LogP contribution >= 0.6 is 11.6 Å². The van der Waals surface area contributed by atoms with Gasteiger partial charge in [-0.15, -0.1) is 0 Å². The van der Waals surface area contributed by atoms with Gasteiger partial charge in [0.2, 0.25) is 0 Å². The number of fused-ring (bicyclic) bond motifs is 1. The minimum atomic E-state index is -0.366. The average Bonchev–Trinajstić information content (AvgIpc) is 2.68. The maximum absolute atomic E-state index is 13.8. The fourth-order valence-electron chi connectivity index (χ4n) is 2.35. The third-order valence-electron chi connectivity index (χ3n) is 3.39. The Labute approximate surface area is 119 Å². The van der Waals surface area contributed by atoms with Crippen molar-refractivity contribution in [3.05, 3.63) is 69.4 Å². The van der Waals surface area contributed by atoms with Gasteiger partial charge in [0, 0.05) is 17.6 Å². The van der Waals surface area contributed by atoms with Crippen molar-refractivity contribution in [3.8, 4) is 0 Å². The number of para-hydroxylation sites is 2. The maximum Gasteiger partial charge on any atom is 0.329 e. The smallest absolute Gasteiger partial charge is 0.295 e. The van der Waals surface area contributed by atoms with Gasteiger partial charge in [0.15, 0.2) is 0 Å². The number of rotatable bonds is 2. The van der Waals surface area contributed by atoms with Crippen LogP contribution in [0.3, 0.4) is 0 Å². The monoisotopic (exact) mass is 290 g/mol. The van der Waals surface area contributed by atoms with Crippen LogP contribution in [0.15, 0.2) is 47.3 Å². The number of halogens is 2. The first kappa shape index (κ1) is 12.9. The van der Waals surface area contributed by atoms with Crippen LogP contribution in [-0.4, -0.2) is 9.13 Å². The Kier molecular flexibility index (Phi) is 3.10. The first-order valence-electron chi connectivity index (χ1n) is 6.16. The Morgan fingerprint density at radius 3 is 2.60 bits per heavy atom. The lowest BCUT2D eigenvalue weighted by molar-refractivity contribution is 0.597. The summed E-state index contributed by atoms with van der Waals surface area (Å²) in [7, 11) is 1.70. The van der Waals surface area contributed by atoms with Crippen molar-refractivity contribution in [1.82, 2.24) is 9.13 Å². The minimum absolute atomic E-state index is 0.159. The normalized spacial score (nSPS) is 11.2. The van der Waals surface area contributed by atoms with E-state index in [4.69, 9.17) is 11.6 Å². The van der Waals surface area contributed by atoms with Gasteiger partial charge in [-0.3, -0.25) is 9.13 Å². The van der Waals surface area contributed by atoms with Crippen LogP contribution < -0.4 is 5.69 Å². The zero-order valence-electron chi connectivity index (χ0n) is 10.8. The van der Waals surface area contributed by atoms with Crippen LogP contribution in [0.25, 0.3) is 11.0 Å². The standard InChI is InChI=1S/C15H12ClFN2O/c1-18-13-4-2-3-5-14(13)19(15(18)20)9-10-8-11(16)6-7-12(10)17/h2-8H,9H2,1H3. The second-order valence-electron chi connectivity index (χ2n) is 4.65. The van der Waals surface area contributed by atoms with E-state index in [0.29, 0.717) is 10.6 Å². The molecule has 3 nitrogen and oxygen atoms in total. The van der Waals surface area contributed by atoms with Gasteiger partial charge >= 0.3 is 5.69 Å². The van der Waals surface area contributed by atoms with Crippen LogP contribution in [0.5, 0.6) is 0 Å². The minimum Gasteiger partial charge on any atom is -0.295 e. The molecule has 1 aromatic heterocycles. The summed E-state index contributed by atoms with van der Waals surface area (Å²) in [5.41, 5.74) is 1.82. The molecule has 0 fully saturated rings. The van der Waals surface area contributed by atoms with Gasteiger partial charge in [-0.2, -0.15) is 0 Å². The molecule has 0 radical (unpaired) electrons. The molecule has 1 heterocycles. The number of hydrogen-bond acceptors (Lipinski definition) is 1. The number of hydrogen-bond donors (Lipinski definition) is 0. The van der Waals surface area contributed by atoms with Gasteiger partial charge in [0.1, 0.15) is 5.82 Å². The van der Waals surface area contributed by atoms with Gasteiger partial charge in [-0.25, -0.2) is 9.18 Å². The Bertz CT molecular complexity index is 851. The van der Waals surface area contributed by atoms with E-state index in [2.05, 4.69) is 0 Å². The Hall–Kier alpha value is -2.07. The molecule has 0 aliphatic heterocycles. The number of aryl methyl sites for hydroxylation is 1. The molecule has 0 spiro atoms. The highest BCUT2D eigenvalue weighted by molar-refractivity contribution is 6.30. The van der Waals surface area contributed by atoms with Crippen LogP contribution in [0.2, 0.25) is 5.02 Å². The molecule has 0 saturated carbocycles. The number of benzene rings is 2. The molecule has 0 saturated heterocycles. The average molecular weight is 291 g/mol. The van der Waals surface area contributed by atoms with E-state index in [9.17, 15) is 9.18 Å². The van der Waals surface area contributed by atoms with Gasteiger partial charge < -0.3 is 0 Å². The van der Waals surface area contributed by atoms with Crippen LogP contribution in [0.4, 0.5) is 4.39 Å². The highest BCUT2D eigenvalue weighted by Crippen LogP contribution is 2.18. The second-order valence-corrected chi connectivity index (χ2v) is 5.09. The van der Waals surface area contributed by atoms with Crippen molar-refractivity contribution in [3.63, 3.8) is 0 Å². The van der Waals surface area contributed by atoms with E-state index in [1.165, 1.54) is 12.1 Å². The maximum atomic E-state index is 13.8. The summed E-state index contributed by atoms with van der Waals surface area (Å²) in [5.74, 6) is -0.366. The second kappa shape index (κ2) is 4.80. The van der Waals surface area contributed by atoms with Crippen molar-refractivity contribution < 1.29 is 4.39 Å². The third-order valence-corrected chi connectivity index (χ3v) is 3.62. The molecule has 102 valence electrons. The molecule has 5 heteroatoms. The molecule has 0 amide bonds. The fourth-order valence-corrected chi connectivity index (χ4v) is 2.55. The lowest BCUT2D eigenvalue weighted by atomic mass is 10.2. The van der Waals surface area contributed by atoms with Crippen molar-refractivity contribution in [2.45, 2.75) is 6.54 Å². The SMILES string of the molecule is Cn1c(=O)n(Cc2cc(Cl)ccc2F)c2ccccc21. The number of aromatic nitrogens is 2. The van der Waals surface area contributed by atoms with E-state index in [-0.39, 0.29) is 18.1 Å². The van der Waals surface area contributed by atoms with E-state index in [0.717, 1.165) is 11.0 Å². The topological polar surface area (TPSA) is 26.9 Å². The molecule has 20 heavy (non-hydrogen) atoms. The highest BCUT2D eigenvalue weighted by Gasteiger charge is 2.12. The largest absolute Gasteiger partial charge is 0.329 e. The van der Waals surface area contributed by atoms with Gasteiger partial charge in [-0.05, 0) is 30.3 Å². The summed E-state index contributed by atoms with van der Waals surface area (Å²) >= 11 is 5.89. The summed E-state index contributed by atoms with van der Waals surface area (Å²) in [5, 5.41) is 0.453. The fraction of sp³-hybridized carbons (Fsp3) is 0.133. The van der Waals surface area contributed by atoms with Crippen molar-refractivity contribution in [2.75, 3.05) is 0 Å². The van der Waals surface area contributed by atoms with Gasteiger partial charge in [0.05, 0.1) is 17.6 Å². The molecule has 2 aromatic carbocycles. The van der Waals surface area contributed by atoms with Crippen LogP contribution in [0, 0.1) is 5.82 Å². The zero-order valence-corrected chi connectivity index (χ0v) is 11.6. The first-order valence-corrected chi connectivity index (χ1v) is 6.54. The quantitative estimate of drug-likeness (QED) is 0.712. The van der Waals surface area contributed by atoms with Crippen LogP contribution in [-0.2, 0) is 13.6 Å². The lowest BCUT2D eigenvalue weighted by Crippen LogP contribution is -2.23. The molecule has 3 aromatic rings. The van der Waals surface area contributed by atoms with Crippen LogP contribution in [0.1, 0.15) is 5.56 Å².